The fraction of sp³-hybridized carbons (Fsp3) is 0.233. The van der Waals surface area contributed by atoms with Crippen molar-refractivity contribution in [3.8, 4) is 22.8 Å². The maximum Gasteiger partial charge on any atom is 0.338 e. The van der Waals surface area contributed by atoms with E-state index in [4.69, 9.17) is 18.6 Å². The fourth-order valence-electron chi connectivity index (χ4n) is 4.80. The molecule has 0 bridgehead atoms. The summed E-state index contributed by atoms with van der Waals surface area (Å²) in [7, 11) is 3.03. The van der Waals surface area contributed by atoms with Crippen LogP contribution in [0, 0.1) is 17.0 Å². The van der Waals surface area contributed by atoms with Crippen LogP contribution in [0.3, 0.4) is 0 Å². The lowest BCUT2D eigenvalue weighted by atomic mass is 9.95. The lowest BCUT2D eigenvalue weighted by Gasteiger charge is -2.26. The van der Waals surface area contributed by atoms with Gasteiger partial charge in [-0.2, -0.15) is 0 Å². The van der Waals surface area contributed by atoms with E-state index in [1.807, 2.05) is 0 Å². The third-order valence-electron chi connectivity index (χ3n) is 6.84. The number of esters is 1. The number of fused-ring (bicyclic) bond motifs is 1. The van der Waals surface area contributed by atoms with Gasteiger partial charge in [-0.05, 0) is 45.0 Å². The Morgan fingerprint density at radius 2 is 1.93 bits per heavy atom. The number of nitrogens with zero attached hydrogens (tertiary/aromatic N) is 3. The lowest BCUT2D eigenvalue weighted by Crippen LogP contribution is -2.40. The third-order valence-corrected chi connectivity index (χ3v) is 7.83. The Bertz CT molecular complexity index is 1930. The van der Waals surface area contributed by atoms with Gasteiger partial charge in [-0.15, -0.1) is 0 Å². The van der Waals surface area contributed by atoms with Gasteiger partial charge in [-0.3, -0.25) is 19.5 Å². The van der Waals surface area contributed by atoms with Crippen molar-refractivity contribution in [1.82, 2.24) is 4.57 Å². The SMILES string of the molecule is CCOC(=O)C1=C(C)N=c2s/c(=C\c3ccc(-c4ccc(C)c([N+](=O)[O-])c4)o3)c(=O)n2[C@H]1c1ccc(OC)cc1OC. The Kier molecular flexibility index (Phi) is 7.81. The molecule has 0 aliphatic carbocycles. The summed E-state index contributed by atoms with van der Waals surface area (Å²) in [5, 5.41) is 11.4. The summed E-state index contributed by atoms with van der Waals surface area (Å²) in [5.74, 6) is 1.18. The lowest BCUT2D eigenvalue weighted by molar-refractivity contribution is -0.385. The maximum atomic E-state index is 13.9. The zero-order chi connectivity index (χ0) is 30.1. The van der Waals surface area contributed by atoms with E-state index < -0.39 is 16.9 Å². The molecule has 4 aromatic rings. The number of ether oxygens (including phenoxy) is 3. The number of hydrogen-bond acceptors (Lipinski definition) is 10. The topological polar surface area (TPSA) is 135 Å². The molecule has 0 saturated heterocycles. The quantitative estimate of drug-likeness (QED) is 0.169. The maximum absolute atomic E-state index is 13.9. The second kappa shape index (κ2) is 11.5. The number of methoxy groups -OCH3 is 2. The molecule has 0 saturated carbocycles. The molecule has 2 aromatic carbocycles. The first-order valence-corrected chi connectivity index (χ1v) is 13.7. The van der Waals surface area contributed by atoms with Gasteiger partial charge in [0.2, 0.25) is 0 Å². The number of benzene rings is 2. The molecule has 1 atom stereocenters. The van der Waals surface area contributed by atoms with Crippen LogP contribution in [-0.4, -0.2) is 36.3 Å². The van der Waals surface area contributed by atoms with E-state index in [9.17, 15) is 19.7 Å². The van der Waals surface area contributed by atoms with E-state index in [1.165, 1.54) is 24.9 Å². The minimum absolute atomic E-state index is 0.0134. The molecule has 0 amide bonds. The molecule has 0 radical (unpaired) electrons. The predicted octanol–water partition coefficient (Wildman–Crippen LogP) is 4.29. The van der Waals surface area contributed by atoms with Crippen LogP contribution >= 0.6 is 11.3 Å². The zero-order valence-electron chi connectivity index (χ0n) is 23.5. The smallest absolute Gasteiger partial charge is 0.338 e. The average molecular weight is 590 g/mol. The molecule has 0 unspecified atom stereocenters. The molecule has 12 heteroatoms. The number of hydrogen-bond donors (Lipinski definition) is 0. The number of aryl methyl sites for hydroxylation is 1. The fourth-order valence-corrected chi connectivity index (χ4v) is 5.83. The molecule has 216 valence electrons. The number of rotatable bonds is 8. The highest BCUT2D eigenvalue weighted by Gasteiger charge is 2.35. The summed E-state index contributed by atoms with van der Waals surface area (Å²) in [6, 6.07) is 12.5. The monoisotopic (exact) mass is 589 g/mol. The zero-order valence-corrected chi connectivity index (χ0v) is 24.3. The molecule has 0 fully saturated rings. The van der Waals surface area contributed by atoms with Gasteiger partial charge in [-0.1, -0.05) is 23.5 Å². The van der Waals surface area contributed by atoms with E-state index in [0.717, 1.165) is 11.3 Å². The highest BCUT2D eigenvalue weighted by atomic mass is 32.1. The minimum Gasteiger partial charge on any atom is -0.497 e. The first kappa shape index (κ1) is 28.6. The second-order valence-corrected chi connectivity index (χ2v) is 10.4. The molecule has 1 aliphatic heterocycles. The van der Waals surface area contributed by atoms with Crippen LogP contribution in [0.25, 0.3) is 17.4 Å². The van der Waals surface area contributed by atoms with Crippen molar-refractivity contribution in [2.24, 2.45) is 4.99 Å². The van der Waals surface area contributed by atoms with Gasteiger partial charge in [0.1, 0.15) is 29.1 Å². The van der Waals surface area contributed by atoms with Crippen LogP contribution in [0.15, 0.2) is 74.0 Å². The number of allylic oxidation sites excluding steroid dienone is 1. The molecule has 3 heterocycles. The van der Waals surface area contributed by atoms with Crippen molar-refractivity contribution >= 4 is 29.1 Å². The van der Waals surface area contributed by atoms with Gasteiger partial charge < -0.3 is 18.6 Å². The Hall–Kier alpha value is -4.97. The van der Waals surface area contributed by atoms with Crippen molar-refractivity contribution in [1.29, 1.82) is 0 Å². The highest BCUT2D eigenvalue weighted by molar-refractivity contribution is 7.07. The van der Waals surface area contributed by atoms with Gasteiger partial charge in [0, 0.05) is 34.9 Å². The number of carbonyl (C=O) groups is 1. The van der Waals surface area contributed by atoms with E-state index in [1.54, 1.807) is 69.3 Å². The molecule has 0 spiro atoms. The van der Waals surface area contributed by atoms with Crippen LogP contribution in [0.5, 0.6) is 11.5 Å². The summed E-state index contributed by atoms with van der Waals surface area (Å²) in [5.41, 5.74) is 1.88. The summed E-state index contributed by atoms with van der Waals surface area (Å²) in [6.45, 7) is 5.22. The molecule has 42 heavy (non-hydrogen) atoms. The van der Waals surface area contributed by atoms with Crippen molar-refractivity contribution in [3.05, 3.63) is 106 Å². The number of nitro benzene ring substituents is 1. The number of furan rings is 1. The summed E-state index contributed by atoms with van der Waals surface area (Å²) in [4.78, 5) is 43.0. The Balaban J connectivity index is 1.65. The first-order valence-electron chi connectivity index (χ1n) is 12.9. The van der Waals surface area contributed by atoms with Crippen LogP contribution in [0.2, 0.25) is 0 Å². The van der Waals surface area contributed by atoms with Gasteiger partial charge in [0.25, 0.3) is 11.2 Å². The summed E-state index contributed by atoms with van der Waals surface area (Å²) >= 11 is 1.15. The average Bonchev–Trinajstić information content (AvgIpc) is 3.56. The van der Waals surface area contributed by atoms with E-state index >= 15 is 0 Å². The third kappa shape index (κ3) is 5.12. The Morgan fingerprint density at radius 1 is 1.14 bits per heavy atom. The molecule has 5 rings (SSSR count). The van der Waals surface area contributed by atoms with E-state index in [-0.39, 0.29) is 23.4 Å². The number of aromatic nitrogens is 1. The first-order chi connectivity index (χ1) is 20.2. The van der Waals surface area contributed by atoms with Crippen LogP contribution in [0.4, 0.5) is 5.69 Å². The standard InChI is InChI=1S/C30H27N3O8S/c1-6-40-29(35)26-17(3)31-30-32(27(26)21-11-9-19(38-4)14-24(21)39-5)28(34)25(42-30)15-20-10-12-23(41-20)18-8-7-16(2)22(13-18)33(36)37/h7-15,27H,6H2,1-5H3/b25-15-/t27-/m0/s1. The van der Waals surface area contributed by atoms with Crippen LogP contribution in [0.1, 0.15) is 36.8 Å². The Morgan fingerprint density at radius 3 is 2.62 bits per heavy atom. The van der Waals surface area contributed by atoms with Crippen molar-refractivity contribution in [2.45, 2.75) is 26.8 Å². The van der Waals surface area contributed by atoms with Gasteiger partial charge in [0.05, 0.1) is 41.6 Å². The molecular weight excluding hydrogens is 562 g/mol. The number of carbonyl (C=O) groups excluding carboxylic acids is 1. The Labute approximate surface area is 243 Å². The molecular formula is C30H27N3O8S. The van der Waals surface area contributed by atoms with Crippen molar-refractivity contribution in [2.75, 3.05) is 20.8 Å². The number of nitro groups is 1. The minimum atomic E-state index is -0.872. The summed E-state index contributed by atoms with van der Waals surface area (Å²) in [6.07, 6.45) is 1.58. The van der Waals surface area contributed by atoms with Gasteiger partial charge in [-0.25, -0.2) is 9.79 Å². The van der Waals surface area contributed by atoms with Crippen molar-refractivity contribution in [3.63, 3.8) is 0 Å². The molecule has 0 N–H and O–H groups in total. The van der Waals surface area contributed by atoms with Crippen LogP contribution < -0.4 is 24.4 Å². The normalized spacial score (nSPS) is 14.8. The van der Waals surface area contributed by atoms with Crippen molar-refractivity contribution < 1.29 is 28.3 Å². The second-order valence-electron chi connectivity index (χ2n) is 9.37. The molecule has 1 aliphatic rings. The molecule has 11 nitrogen and oxygen atoms in total. The van der Waals surface area contributed by atoms with Gasteiger partial charge in [0.15, 0.2) is 4.80 Å². The largest absolute Gasteiger partial charge is 0.497 e. The van der Waals surface area contributed by atoms with Gasteiger partial charge >= 0.3 is 5.97 Å². The number of thiazole rings is 1. The van der Waals surface area contributed by atoms with E-state index in [2.05, 4.69) is 4.99 Å². The predicted molar refractivity (Wildman–Crippen MR) is 155 cm³/mol. The summed E-state index contributed by atoms with van der Waals surface area (Å²) < 4.78 is 24.1. The van der Waals surface area contributed by atoms with E-state index in [0.29, 0.717) is 54.7 Å². The van der Waals surface area contributed by atoms with Crippen LogP contribution in [-0.2, 0) is 9.53 Å². The molecule has 2 aromatic heterocycles. The highest BCUT2D eigenvalue weighted by Crippen LogP contribution is 2.37.